The molecule has 1 heterocycles. The van der Waals surface area contributed by atoms with Crippen LogP contribution in [-0.2, 0) is 6.42 Å². The third-order valence-electron chi connectivity index (χ3n) is 2.18. The van der Waals surface area contributed by atoms with Gasteiger partial charge in [-0.1, -0.05) is 12.1 Å². The molecule has 0 amide bonds. The summed E-state index contributed by atoms with van der Waals surface area (Å²) in [6.07, 6.45) is 1.92. The Morgan fingerprint density at radius 2 is 2.19 bits per heavy atom. The molecule has 82 valence electrons. The summed E-state index contributed by atoms with van der Waals surface area (Å²) in [6, 6.07) is 6.15. The van der Waals surface area contributed by atoms with Crippen LogP contribution >= 0.6 is 12.2 Å². The predicted octanol–water partition coefficient (Wildman–Crippen LogP) is 2.16. The van der Waals surface area contributed by atoms with Crippen molar-refractivity contribution < 1.29 is 4.39 Å². The quantitative estimate of drug-likeness (QED) is 0.785. The van der Waals surface area contributed by atoms with Crippen molar-refractivity contribution in [3.8, 4) is 0 Å². The summed E-state index contributed by atoms with van der Waals surface area (Å²) in [4.78, 5) is 16.7. The van der Waals surface area contributed by atoms with E-state index < -0.39 is 0 Å². The Balaban J connectivity index is 2.34. The van der Waals surface area contributed by atoms with E-state index in [-0.39, 0.29) is 16.1 Å². The third kappa shape index (κ3) is 2.43. The van der Waals surface area contributed by atoms with Crippen molar-refractivity contribution in [2.24, 2.45) is 0 Å². The molecule has 2 aromatic rings. The van der Waals surface area contributed by atoms with Crippen LogP contribution in [0, 0.1) is 10.6 Å². The molecule has 0 fully saturated rings. The molecule has 2 rings (SSSR count). The lowest BCUT2D eigenvalue weighted by atomic mass is 10.1. The highest BCUT2D eigenvalue weighted by molar-refractivity contribution is 7.71. The molecule has 0 saturated heterocycles. The van der Waals surface area contributed by atoms with Gasteiger partial charge in [0.25, 0.3) is 5.56 Å². The molecule has 1 aromatic carbocycles. The normalized spacial score (nSPS) is 10.3. The van der Waals surface area contributed by atoms with Crippen molar-refractivity contribution in [1.82, 2.24) is 9.97 Å². The van der Waals surface area contributed by atoms with Crippen LogP contribution in [0.3, 0.4) is 0 Å². The lowest BCUT2D eigenvalue weighted by Gasteiger charge is -2.00. The molecule has 0 atom stereocenters. The molecule has 0 saturated carbocycles. The Kier molecular flexibility index (Phi) is 2.96. The maximum absolute atomic E-state index is 12.9. The van der Waals surface area contributed by atoms with Crippen LogP contribution < -0.4 is 5.56 Å². The highest BCUT2D eigenvalue weighted by atomic mass is 32.1. The zero-order valence-corrected chi connectivity index (χ0v) is 9.10. The molecule has 16 heavy (non-hydrogen) atoms. The van der Waals surface area contributed by atoms with Gasteiger partial charge in [-0.2, -0.15) is 0 Å². The molecule has 0 aliphatic carbocycles. The van der Waals surface area contributed by atoms with Crippen molar-refractivity contribution in [3.63, 3.8) is 0 Å². The second-order valence-electron chi connectivity index (χ2n) is 3.40. The zero-order chi connectivity index (χ0) is 11.5. The van der Waals surface area contributed by atoms with E-state index in [9.17, 15) is 9.18 Å². The Morgan fingerprint density at radius 1 is 1.38 bits per heavy atom. The van der Waals surface area contributed by atoms with Gasteiger partial charge in [0.1, 0.15) is 5.82 Å². The largest absolute Gasteiger partial charge is 0.338 e. The summed E-state index contributed by atoms with van der Waals surface area (Å²) < 4.78 is 13.2. The Morgan fingerprint density at radius 3 is 2.88 bits per heavy atom. The first-order valence-corrected chi connectivity index (χ1v) is 5.11. The molecular weight excluding hydrogens is 227 g/mol. The highest BCUT2D eigenvalue weighted by Gasteiger charge is 2.02. The van der Waals surface area contributed by atoms with Crippen LogP contribution in [-0.4, -0.2) is 9.97 Å². The second kappa shape index (κ2) is 4.40. The Bertz CT molecular complexity index is 618. The number of hydrogen-bond donors (Lipinski definition) is 2. The number of hydrogen-bond acceptors (Lipinski definition) is 2. The van der Waals surface area contributed by atoms with E-state index in [4.69, 9.17) is 12.2 Å². The summed E-state index contributed by atoms with van der Waals surface area (Å²) in [6.45, 7) is 0. The Hall–Kier alpha value is -1.75. The van der Waals surface area contributed by atoms with E-state index >= 15 is 0 Å². The molecular formula is C11H9FN2OS. The maximum Gasteiger partial charge on any atom is 0.255 e. The number of H-pyrrole nitrogens is 2. The molecule has 0 unspecified atom stereocenters. The van der Waals surface area contributed by atoms with Crippen molar-refractivity contribution >= 4 is 12.2 Å². The van der Waals surface area contributed by atoms with Crippen LogP contribution in [0.15, 0.2) is 35.3 Å². The average molecular weight is 236 g/mol. The fourth-order valence-corrected chi connectivity index (χ4v) is 1.59. The van der Waals surface area contributed by atoms with E-state index in [2.05, 4.69) is 9.97 Å². The minimum atomic E-state index is -0.308. The summed E-state index contributed by atoms with van der Waals surface area (Å²) in [5.41, 5.74) is 1.03. The Labute approximate surface area is 96.0 Å². The summed E-state index contributed by atoms with van der Waals surface area (Å²) in [7, 11) is 0. The van der Waals surface area contributed by atoms with Gasteiger partial charge in [0, 0.05) is 18.2 Å². The van der Waals surface area contributed by atoms with Crippen LogP contribution in [0.4, 0.5) is 4.39 Å². The molecule has 0 radical (unpaired) electrons. The number of rotatable bonds is 2. The lowest BCUT2D eigenvalue weighted by molar-refractivity contribution is 0.626. The summed E-state index contributed by atoms with van der Waals surface area (Å²) in [5, 5.41) is 0. The number of aromatic nitrogens is 2. The highest BCUT2D eigenvalue weighted by Crippen LogP contribution is 2.07. The average Bonchev–Trinajstić information content (AvgIpc) is 2.22. The van der Waals surface area contributed by atoms with Gasteiger partial charge < -0.3 is 4.98 Å². The predicted molar refractivity (Wildman–Crippen MR) is 61.5 cm³/mol. The van der Waals surface area contributed by atoms with Gasteiger partial charge in [-0.25, -0.2) is 4.39 Å². The van der Waals surface area contributed by atoms with Crippen molar-refractivity contribution in [3.05, 3.63) is 62.5 Å². The molecule has 0 aliphatic heterocycles. The first kappa shape index (κ1) is 10.8. The molecule has 0 spiro atoms. The number of benzene rings is 1. The van der Waals surface area contributed by atoms with Crippen LogP contribution in [0.2, 0.25) is 0 Å². The van der Waals surface area contributed by atoms with Gasteiger partial charge in [-0.05, 0) is 29.9 Å². The third-order valence-corrected chi connectivity index (χ3v) is 2.40. The molecule has 5 heteroatoms. The van der Waals surface area contributed by atoms with Crippen LogP contribution in [0.1, 0.15) is 11.1 Å². The van der Waals surface area contributed by atoms with Crippen molar-refractivity contribution in [2.45, 2.75) is 6.42 Å². The smallest absolute Gasteiger partial charge is 0.255 e. The van der Waals surface area contributed by atoms with Crippen molar-refractivity contribution in [2.75, 3.05) is 0 Å². The summed E-state index contributed by atoms with van der Waals surface area (Å²) in [5.74, 6) is -0.308. The van der Waals surface area contributed by atoms with E-state index in [0.717, 1.165) is 5.56 Å². The molecule has 1 aromatic heterocycles. The monoisotopic (exact) mass is 236 g/mol. The molecule has 2 N–H and O–H groups in total. The minimum absolute atomic E-state index is 0.243. The van der Waals surface area contributed by atoms with E-state index in [1.807, 2.05) is 0 Å². The maximum atomic E-state index is 12.9. The number of halogens is 1. The topological polar surface area (TPSA) is 48.6 Å². The molecule has 0 bridgehead atoms. The first-order valence-electron chi connectivity index (χ1n) is 4.70. The van der Waals surface area contributed by atoms with E-state index in [1.165, 1.54) is 12.1 Å². The van der Waals surface area contributed by atoms with Gasteiger partial charge in [0.15, 0.2) is 4.77 Å². The fourth-order valence-electron chi connectivity index (χ4n) is 1.44. The summed E-state index contributed by atoms with van der Waals surface area (Å²) >= 11 is 4.77. The minimum Gasteiger partial charge on any atom is -0.338 e. The number of aromatic amines is 2. The van der Waals surface area contributed by atoms with Gasteiger partial charge in [-0.3, -0.25) is 9.78 Å². The first-order chi connectivity index (χ1) is 7.65. The van der Waals surface area contributed by atoms with Gasteiger partial charge in [0.05, 0.1) is 0 Å². The molecule has 3 nitrogen and oxygen atoms in total. The number of nitrogens with one attached hydrogen (secondary N) is 2. The SMILES string of the molecule is O=c1[nH]c(=S)[nH]cc1Cc1cccc(F)c1. The fraction of sp³-hybridized carbons (Fsp3) is 0.0909. The van der Waals surface area contributed by atoms with E-state index in [1.54, 1.807) is 18.3 Å². The van der Waals surface area contributed by atoms with Gasteiger partial charge in [0.2, 0.25) is 0 Å². The van der Waals surface area contributed by atoms with Gasteiger partial charge in [-0.15, -0.1) is 0 Å². The van der Waals surface area contributed by atoms with Crippen molar-refractivity contribution in [1.29, 1.82) is 0 Å². The zero-order valence-electron chi connectivity index (χ0n) is 8.29. The standard InChI is InChI=1S/C11H9FN2OS/c12-9-3-1-2-7(5-9)4-8-6-13-11(16)14-10(8)15/h1-3,5-6H,4H2,(H2,13,14,15,16). The molecule has 0 aliphatic rings. The van der Waals surface area contributed by atoms with Gasteiger partial charge >= 0.3 is 0 Å². The van der Waals surface area contributed by atoms with Crippen LogP contribution in [0.5, 0.6) is 0 Å². The van der Waals surface area contributed by atoms with E-state index in [0.29, 0.717) is 12.0 Å². The second-order valence-corrected chi connectivity index (χ2v) is 3.81. The lowest BCUT2D eigenvalue weighted by Crippen LogP contribution is -2.13. The van der Waals surface area contributed by atoms with Crippen LogP contribution in [0.25, 0.3) is 0 Å².